The molecule has 2 aliphatic heterocycles. The number of aliphatic hydroxyl groups is 1. The average Bonchev–Trinajstić information content (AvgIpc) is 3.43. The number of carbonyl (C=O) groups excluding carboxylic acids is 1. The van der Waals surface area contributed by atoms with Crippen molar-refractivity contribution in [1.82, 2.24) is 9.80 Å². The van der Waals surface area contributed by atoms with Crippen molar-refractivity contribution in [3.8, 4) is 17.2 Å². The summed E-state index contributed by atoms with van der Waals surface area (Å²) in [6, 6.07) is 18.2. The van der Waals surface area contributed by atoms with Gasteiger partial charge in [-0.05, 0) is 62.0 Å². The Morgan fingerprint density at radius 1 is 1.05 bits per heavy atom. The van der Waals surface area contributed by atoms with Gasteiger partial charge in [-0.3, -0.25) is 14.4 Å². The number of ether oxygens (including phenoxy) is 3. The molecule has 0 unspecified atom stereocenters. The van der Waals surface area contributed by atoms with Crippen molar-refractivity contribution in [1.29, 1.82) is 0 Å². The number of fused-ring (bicyclic) bond motifs is 2. The maximum atomic E-state index is 13.7. The molecule has 0 spiro atoms. The van der Waals surface area contributed by atoms with Gasteiger partial charge < -0.3 is 24.2 Å². The summed E-state index contributed by atoms with van der Waals surface area (Å²) in [5.74, 6) is 1.43. The molecule has 0 aromatic heterocycles. The number of anilines is 1. The van der Waals surface area contributed by atoms with Crippen molar-refractivity contribution in [2.24, 2.45) is 5.92 Å². The van der Waals surface area contributed by atoms with Crippen LogP contribution in [0.3, 0.4) is 0 Å². The topological polar surface area (TPSA) is 118 Å². The number of nitrogens with zero attached hydrogens (tertiary/aromatic N) is 2. The molecular formula is C30H35N3O7S. The first-order valence-electron chi connectivity index (χ1n) is 13.5. The standard InChI is InChI=1S/C30H35N3O7S/c1-20-15-33(21(2)18-34)30(35)25-14-23(31-41(36,37)24-7-5-4-6-8-24)10-12-26(25)40-29(20)17-32(3)16-22-9-11-27-28(13-22)39-19-38-27/h4-14,20-21,29,31,34H,15-19H2,1-3H3/t20-,21-,29+/m0/s1. The van der Waals surface area contributed by atoms with Crippen LogP contribution in [0, 0.1) is 5.92 Å². The Balaban J connectivity index is 1.40. The first-order chi connectivity index (χ1) is 19.6. The summed E-state index contributed by atoms with van der Waals surface area (Å²) in [7, 11) is -1.86. The van der Waals surface area contributed by atoms with Gasteiger partial charge in [-0.25, -0.2) is 8.42 Å². The smallest absolute Gasteiger partial charge is 0.261 e. The third-order valence-electron chi connectivity index (χ3n) is 7.35. The summed E-state index contributed by atoms with van der Waals surface area (Å²) in [5.41, 5.74) is 1.54. The lowest BCUT2D eigenvalue weighted by Gasteiger charge is -2.38. The molecule has 0 saturated carbocycles. The van der Waals surface area contributed by atoms with Crippen LogP contribution in [0.1, 0.15) is 29.8 Å². The maximum absolute atomic E-state index is 13.7. The predicted octanol–water partition coefficient (Wildman–Crippen LogP) is 3.57. The quantitative estimate of drug-likeness (QED) is 0.394. The number of amides is 1. The molecule has 10 nitrogen and oxygen atoms in total. The molecule has 11 heteroatoms. The molecule has 3 aromatic carbocycles. The fraction of sp³-hybridized carbons (Fsp3) is 0.367. The van der Waals surface area contributed by atoms with Crippen LogP contribution >= 0.6 is 0 Å². The highest BCUT2D eigenvalue weighted by Gasteiger charge is 2.34. The molecule has 1 amide bonds. The minimum atomic E-state index is -3.86. The van der Waals surface area contributed by atoms with Crippen molar-refractivity contribution >= 4 is 21.6 Å². The summed E-state index contributed by atoms with van der Waals surface area (Å²) < 4.78 is 45.8. The zero-order chi connectivity index (χ0) is 29.1. The van der Waals surface area contributed by atoms with E-state index in [0.717, 1.165) is 17.1 Å². The molecule has 5 rings (SSSR count). The van der Waals surface area contributed by atoms with Crippen molar-refractivity contribution in [3.63, 3.8) is 0 Å². The summed E-state index contributed by atoms with van der Waals surface area (Å²) in [6.07, 6.45) is -0.291. The van der Waals surface area contributed by atoms with E-state index in [-0.39, 0.29) is 47.5 Å². The Morgan fingerprint density at radius 3 is 2.54 bits per heavy atom. The van der Waals surface area contributed by atoms with E-state index in [1.54, 1.807) is 42.2 Å². The maximum Gasteiger partial charge on any atom is 0.261 e. The Hall–Kier alpha value is -3.80. The van der Waals surface area contributed by atoms with Gasteiger partial charge in [-0.15, -0.1) is 0 Å². The molecule has 0 aliphatic carbocycles. The van der Waals surface area contributed by atoms with E-state index in [2.05, 4.69) is 9.62 Å². The number of benzene rings is 3. The van der Waals surface area contributed by atoms with Gasteiger partial charge in [-0.2, -0.15) is 0 Å². The van der Waals surface area contributed by atoms with E-state index in [0.29, 0.717) is 25.4 Å². The van der Waals surface area contributed by atoms with E-state index in [9.17, 15) is 18.3 Å². The summed E-state index contributed by atoms with van der Waals surface area (Å²) >= 11 is 0. The molecule has 0 radical (unpaired) electrons. The van der Waals surface area contributed by atoms with E-state index < -0.39 is 16.1 Å². The first kappa shape index (κ1) is 28.7. The first-order valence-corrected chi connectivity index (χ1v) is 15.0. The Morgan fingerprint density at radius 2 is 1.78 bits per heavy atom. The van der Waals surface area contributed by atoms with Crippen LogP contribution < -0.4 is 18.9 Å². The molecule has 0 bridgehead atoms. The molecule has 2 heterocycles. The fourth-order valence-corrected chi connectivity index (χ4v) is 6.11. The highest BCUT2D eigenvalue weighted by Crippen LogP contribution is 2.34. The number of likely N-dealkylation sites (N-methyl/N-ethyl adjacent to an activating group) is 1. The van der Waals surface area contributed by atoms with Gasteiger partial charge in [0.15, 0.2) is 11.5 Å². The highest BCUT2D eigenvalue weighted by molar-refractivity contribution is 7.92. The largest absolute Gasteiger partial charge is 0.488 e. The van der Waals surface area contributed by atoms with Crippen LogP contribution in [0.25, 0.3) is 0 Å². The number of carbonyl (C=O) groups is 1. The van der Waals surface area contributed by atoms with Crippen LogP contribution in [0.5, 0.6) is 17.2 Å². The lowest BCUT2D eigenvalue weighted by molar-refractivity contribution is 0.0341. The minimum Gasteiger partial charge on any atom is -0.488 e. The molecule has 0 saturated heterocycles. The van der Waals surface area contributed by atoms with E-state index >= 15 is 0 Å². The lowest BCUT2D eigenvalue weighted by Crippen LogP contribution is -2.49. The van der Waals surface area contributed by atoms with Crippen LogP contribution in [0.2, 0.25) is 0 Å². The number of aliphatic hydroxyl groups excluding tert-OH is 1. The third-order valence-corrected chi connectivity index (χ3v) is 8.75. The molecule has 2 aliphatic rings. The molecule has 0 fully saturated rings. The molecule has 218 valence electrons. The summed E-state index contributed by atoms with van der Waals surface area (Å²) in [6.45, 7) is 5.40. The van der Waals surface area contributed by atoms with Gasteiger partial charge in [-0.1, -0.05) is 31.2 Å². The van der Waals surface area contributed by atoms with E-state index in [4.69, 9.17) is 14.2 Å². The predicted molar refractivity (Wildman–Crippen MR) is 154 cm³/mol. The van der Waals surface area contributed by atoms with Crippen LogP contribution in [0.4, 0.5) is 5.69 Å². The summed E-state index contributed by atoms with van der Waals surface area (Å²) in [5, 5.41) is 9.93. The van der Waals surface area contributed by atoms with Gasteiger partial charge in [0.25, 0.3) is 15.9 Å². The fourth-order valence-electron chi connectivity index (χ4n) is 5.04. The van der Waals surface area contributed by atoms with E-state index in [1.165, 1.54) is 18.2 Å². The zero-order valence-corrected chi connectivity index (χ0v) is 24.1. The average molecular weight is 582 g/mol. The van der Waals surface area contributed by atoms with Crippen LogP contribution in [0.15, 0.2) is 71.6 Å². The Kier molecular flexibility index (Phi) is 8.39. The van der Waals surface area contributed by atoms with Crippen LogP contribution in [-0.4, -0.2) is 74.9 Å². The molecule has 2 N–H and O–H groups in total. The second-order valence-corrected chi connectivity index (χ2v) is 12.3. The zero-order valence-electron chi connectivity index (χ0n) is 23.3. The lowest BCUT2D eigenvalue weighted by atomic mass is 9.99. The number of hydrogen-bond acceptors (Lipinski definition) is 8. The van der Waals surface area contributed by atoms with Crippen molar-refractivity contribution in [2.45, 2.75) is 37.4 Å². The highest BCUT2D eigenvalue weighted by atomic mass is 32.2. The second-order valence-electron chi connectivity index (χ2n) is 10.6. The molecule has 41 heavy (non-hydrogen) atoms. The SMILES string of the molecule is C[C@H]1CN([C@@H](C)CO)C(=O)c2cc(NS(=O)(=O)c3ccccc3)ccc2O[C@@H]1CN(C)Cc1ccc2c(c1)OCO2. The van der Waals surface area contributed by atoms with Gasteiger partial charge in [0, 0.05) is 31.2 Å². The molecule has 3 aromatic rings. The van der Waals surface area contributed by atoms with Gasteiger partial charge >= 0.3 is 0 Å². The monoisotopic (exact) mass is 581 g/mol. The number of rotatable bonds is 9. The normalized spacial score (nSPS) is 19.2. The Labute approximate surface area is 240 Å². The van der Waals surface area contributed by atoms with Gasteiger partial charge in [0.2, 0.25) is 6.79 Å². The molecule has 3 atom stereocenters. The summed E-state index contributed by atoms with van der Waals surface area (Å²) in [4.78, 5) is 17.6. The number of hydrogen-bond donors (Lipinski definition) is 2. The van der Waals surface area contributed by atoms with Crippen molar-refractivity contribution in [3.05, 3.63) is 77.9 Å². The third kappa shape index (κ3) is 6.42. The van der Waals surface area contributed by atoms with E-state index in [1.807, 2.05) is 32.2 Å². The number of sulfonamides is 1. The Bertz CT molecular complexity index is 1500. The van der Waals surface area contributed by atoms with Gasteiger partial charge in [0.1, 0.15) is 11.9 Å². The van der Waals surface area contributed by atoms with Crippen molar-refractivity contribution < 1.29 is 32.5 Å². The second kappa shape index (κ2) is 12.0. The molecular weight excluding hydrogens is 546 g/mol. The van der Waals surface area contributed by atoms with Gasteiger partial charge in [0.05, 0.1) is 23.1 Å². The minimum absolute atomic E-state index is 0.0587. The number of nitrogens with one attached hydrogen (secondary N) is 1. The van der Waals surface area contributed by atoms with Crippen LogP contribution in [-0.2, 0) is 16.6 Å². The van der Waals surface area contributed by atoms with Crippen molar-refractivity contribution in [2.75, 3.05) is 38.3 Å².